The third kappa shape index (κ3) is 4.25. The molecule has 0 radical (unpaired) electrons. The second-order valence-electron chi connectivity index (χ2n) is 4.77. The molecule has 24 heavy (non-hydrogen) atoms. The summed E-state index contributed by atoms with van der Waals surface area (Å²) in [4.78, 5) is 7.08. The van der Waals surface area contributed by atoms with Crippen molar-refractivity contribution in [3.8, 4) is 11.5 Å². The fraction of sp³-hybridized carbons (Fsp3) is 0.333. The van der Waals surface area contributed by atoms with Gasteiger partial charge in [-0.3, -0.25) is 0 Å². The van der Waals surface area contributed by atoms with Crippen LogP contribution in [0.3, 0.4) is 0 Å². The highest BCUT2D eigenvalue weighted by Crippen LogP contribution is 2.30. The lowest BCUT2D eigenvalue weighted by Gasteiger charge is -2.16. The van der Waals surface area contributed by atoms with Gasteiger partial charge < -0.3 is 19.9 Å². The summed E-state index contributed by atoms with van der Waals surface area (Å²) in [5, 5.41) is 12.8. The standard InChI is InChI=1S/C15H16F3N3O3/c1-23-9-3-4-12(24-2)10(7-9)11(22)8-20-14-19-6-5-13(21-14)15(16,17)18/h3-7,11,22H,8H2,1-2H3,(H,19,20,21). The molecule has 2 rings (SSSR count). The number of benzene rings is 1. The number of rotatable bonds is 6. The van der Waals surface area contributed by atoms with Crippen LogP contribution in [0, 0.1) is 0 Å². The van der Waals surface area contributed by atoms with Gasteiger partial charge in [-0.05, 0) is 24.3 Å². The van der Waals surface area contributed by atoms with Gasteiger partial charge >= 0.3 is 6.18 Å². The van der Waals surface area contributed by atoms with E-state index in [9.17, 15) is 18.3 Å². The van der Waals surface area contributed by atoms with Crippen molar-refractivity contribution in [1.82, 2.24) is 9.97 Å². The molecule has 1 aromatic heterocycles. The molecular formula is C15H16F3N3O3. The molecule has 1 aromatic carbocycles. The van der Waals surface area contributed by atoms with Gasteiger partial charge in [-0.25, -0.2) is 9.97 Å². The van der Waals surface area contributed by atoms with Crippen LogP contribution in [0.5, 0.6) is 11.5 Å². The van der Waals surface area contributed by atoms with Crippen molar-refractivity contribution in [2.45, 2.75) is 12.3 Å². The smallest absolute Gasteiger partial charge is 0.433 e. The third-order valence-corrected chi connectivity index (χ3v) is 3.20. The number of alkyl halides is 3. The molecule has 1 heterocycles. The van der Waals surface area contributed by atoms with Crippen LogP contribution in [-0.2, 0) is 6.18 Å². The Morgan fingerprint density at radius 2 is 1.96 bits per heavy atom. The van der Waals surface area contributed by atoms with Crippen LogP contribution in [0.1, 0.15) is 17.4 Å². The fourth-order valence-corrected chi connectivity index (χ4v) is 2.00. The quantitative estimate of drug-likeness (QED) is 0.840. The first-order valence-corrected chi connectivity index (χ1v) is 6.89. The van der Waals surface area contributed by atoms with Crippen molar-refractivity contribution >= 4 is 5.95 Å². The van der Waals surface area contributed by atoms with E-state index in [1.54, 1.807) is 18.2 Å². The molecule has 0 amide bonds. The topological polar surface area (TPSA) is 76.5 Å². The van der Waals surface area contributed by atoms with Crippen molar-refractivity contribution in [3.63, 3.8) is 0 Å². The number of nitrogens with one attached hydrogen (secondary N) is 1. The Labute approximate surface area is 136 Å². The van der Waals surface area contributed by atoms with Gasteiger partial charge in [0, 0.05) is 18.3 Å². The summed E-state index contributed by atoms with van der Waals surface area (Å²) >= 11 is 0. The van der Waals surface area contributed by atoms with Gasteiger partial charge in [0.2, 0.25) is 5.95 Å². The van der Waals surface area contributed by atoms with Gasteiger partial charge in [0.15, 0.2) is 0 Å². The van der Waals surface area contributed by atoms with Gasteiger partial charge in [-0.2, -0.15) is 13.2 Å². The van der Waals surface area contributed by atoms with Crippen LogP contribution in [0.25, 0.3) is 0 Å². The lowest BCUT2D eigenvalue weighted by molar-refractivity contribution is -0.141. The van der Waals surface area contributed by atoms with Crippen molar-refractivity contribution in [2.24, 2.45) is 0 Å². The Balaban J connectivity index is 2.12. The number of halogens is 3. The number of anilines is 1. The molecule has 1 unspecified atom stereocenters. The Morgan fingerprint density at radius 1 is 1.21 bits per heavy atom. The number of aliphatic hydroxyl groups excluding tert-OH is 1. The number of aromatic nitrogens is 2. The van der Waals surface area contributed by atoms with E-state index >= 15 is 0 Å². The highest BCUT2D eigenvalue weighted by molar-refractivity contribution is 5.42. The molecule has 9 heteroatoms. The Bertz CT molecular complexity index is 695. The second kappa shape index (κ2) is 7.35. The first-order chi connectivity index (χ1) is 11.3. The predicted octanol–water partition coefficient (Wildman–Crippen LogP) is 2.66. The zero-order valence-corrected chi connectivity index (χ0v) is 13.0. The second-order valence-corrected chi connectivity index (χ2v) is 4.77. The minimum absolute atomic E-state index is 0.106. The molecule has 2 aromatic rings. The van der Waals surface area contributed by atoms with Gasteiger partial charge in [0.05, 0.1) is 20.3 Å². The third-order valence-electron chi connectivity index (χ3n) is 3.20. The van der Waals surface area contributed by atoms with Crippen molar-refractivity contribution in [2.75, 3.05) is 26.1 Å². The summed E-state index contributed by atoms with van der Waals surface area (Å²) in [5.41, 5.74) is -0.634. The Kier molecular flexibility index (Phi) is 5.45. The molecule has 0 aliphatic heterocycles. The van der Waals surface area contributed by atoms with Gasteiger partial charge in [-0.15, -0.1) is 0 Å². The molecule has 0 bridgehead atoms. The SMILES string of the molecule is COc1ccc(OC)c(C(O)CNc2nccc(C(F)(F)F)n2)c1. The number of hydrogen-bond donors (Lipinski definition) is 2. The number of ether oxygens (including phenoxy) is 2. The molecule has 0 saturated carbocycles. The van der Waals surface area contributed by atoms with Crippen molar-refractivity contribution in [1.29, 1.82) is 0 Å². The Morgan fingerprint density at radius 3 is 2.58 bits per heavy atom. The van der Waals surface area contributed by atoms with E-state index in [4.69, 9.17) is 9.47 Å². The summed E-state index contributed by atoms with van der Waals surface area (Å²) in [6.45, 7) is -0.106. The molecule has 0 fully saturated rings. The molecule has 0 saturated heterocycles. The lowest BCUT2D eigenvalue weighted by Crippen LogP contribution is -2.16. The Hall–Kier alpha value is -2.55. The lowest BCUT2D eigenvalue weighted by atomic mass is 10.1. The zero-order chi connectivity index (χ0) is 17.7. The molecule has 0 aliphatic carbocycles. The summed E-state index contributed by atoms with van der Waals surface area (Å²) < 4.78 is 48.1. The number of aliphatic hydroxyl groups is 1. The van der Waals surface area contributed by atoms with Crippen LogP contribution in [0.4, 0.5) is 19.1 Å². The highest BCUT2D eigenvalue weighted by atomic mass is 19.4. The summed E-state index contributed by atoms with van der Waals surface area (Å²) in [6.07, 6.45) is -4.63. The predicted molar refractivity (Wildman–Crippen MR) is 80.0 cm³/mol. The van der Waals surface area contributed by atoms with Crippen LogP contribution < -0.4 is 14.8 Å². The molecule has 130 valence electrons. The van der Waals surface area contributed by atoms with E-state index in [1.165, 1.54) is 14.2 Å². The first-order valence-electron chi connectivity index (χ1n) is 6.89. The number of nitrogens with zero attached hydrogens (tertiary/aromatic N) is 2. The monoisotopic (exact) mass is 343 g/mol. The van der Waals surface area contributed by atoms with Gasteiger partial charge in [0.1, 0.15) is 17.2 Å². The molecule has 1 atom stereocenters. The molecular weight excluding hydrogens is 327 g/mol. The molecule has 0 spiro atoms. The largest absolute Gasteiger partial charge is 0.497 e. The normalized spacial score (nSPS) is 12.6. The van der Waals surface area contributed by atoms with Gasteiger partial charge in [0.25, 0.3) is 0 Å². The maximum Gasteiger partial charge on any atom is 0.433 e. The van der Waals surface area contributed by atoms with E-state index in [0.717, 1.165) is 12.3 Å². The highest BCUT2D eigenvalue weighted by Gasteiger charge is 2.32. The zero-order valence-electron chi connectivity index (χ0n) is 13.0. The number of hydrogen-bond acceptors (Lipinski definition) is 6. The minimum atomic E-state index is -4.56. The van der Waals surface area contributed by atoms with Crippen LogP contribution in [0.15, 0.2) is 30.5 Å². The van der Waals surface area contributed by atoms with E-state index in [2.05, 4.69) is 15.3 Å². The number of methoxy groups -OCH3 is 2. The summed E-state index contributed by atoms with van der Waals surface area (Å²) in [6, 6.07) is 5.64. The van der Waals surface area contributed by atoms with E-state index < -0.39 is 18.0 Å². The molecule has 0 aliphatic rings. The van der Waals surface area contributed by atoms with Gasteiger partial charge in [-0.1, -0.05) is 0 Å². The average Bonchev–Trinajstić information content (AvgIpc) is 2.58. The molecule has 6 nitrogen and oxygen atoms in total. The van der Waals surface area contributed by atoms with Crippen molar-refractivity contribution in [3.05, 3.63) is 41.7 Å². The first kappa shape index (κ1) is 17.8. The van der Waals surface area contributed by atoms with Crippen molar-refractivity contribution < 1.29 is 27.8 Å². The van der Waals surface area contributed by atoms with Crippen LogP contribution in [-0.4, -0.2) is 35.8 Å². The molecule has 2 N–H and O–H groups in total. The maximum atomic E-state index is 12.6. The van der Waals surface area contributed by atoms with E-state index in [1.807, 2.05) is 0 Å². The van der Waals surface area contributed by atoms with Crippen LogP contribution in [0.2, 0.25) is 0 Å². The average molecular weight is 343 g/mol. The van der Waals surface area contributed by atoms with E-state index in [-0.39, 0.29) is 12.5 Å². The maximum absolute atomic E-state index is 12.6. The van der Waals surface area contributed by atoms with E-state index in [0.29, 0.717) is 17.1 Å². The summed E-state index contributed by atoms with van der Waals surface area (Å²) in [5.74, 6) is 0.709. The summed E-state index contributed by atoms with van der Waals surface area (Å²) in [7, 11) is 2.92. The minimum Gasteiger partial charge on any atom is -0.497 e. The van der Waals surface area contributed by atoms with Crippen LogP contribution >= 0.6 is 0 Å². The fourth-order valence-electron chi connectivity index (χ4n) is 2.00.